The van der Waals surface area contributed by atoms with Crippen LogP contribution in [0.1, 0.15) is 40.5 Å². The first kappa shape index (κ1) is 23.3. The van der Waals surface area contributed by atoms with Gasteiger partial charge >= 0.3 is 0 Å². The lowest BCUT2D eigenvalue weighted by atomic mass is 9.81. The number of ether oxygens (including phenoxy) is 1. The topological polar surface area (TPSA) is 66.1 Å². The molecule has 0 bridgehead atoms. The highest BCUT2D eigenvalue weighted by Gasteiger charge is 2.42. The molecule has 3 atom stereocenters. The summed E-state index contributed by atoms with van der Waals surface area (Å²) in [4.78, 5) is 8.46. The van der Waals surface area contributed by atoms with Crippen LogP contribution < -0.4 is 11.1 Å². The van der Waals surface area contributed by atoms with Gasteiger partial charge < -0.3 is 25.6 Å². The van der Waals surface area contributed by atoms with Crippen LogP contribution >= 0.6 is 0 Å². The molecule has 1 aliphatic heterocycles. The van der Waals surface area contributed by atoms with Crippen molar-refractivity contribution >= 4 is 6.02 Å². The number of amidine groups is 1. The molecule has 0 aromatic rings. The number of rotatable bonds is 5. The number of nitrogens with one attached hydrogen (secondary N) is 1. The van der Waals surface area contributed by atoms with Gasteiger partial charge in [0.2, 0.25) is 0 Å². The molecule has 1 heterocycles. The lowest BCUT2D eigenvalue weighted by molar-refractivity contribution is 0.0828. The van der Waals surface area contributed by atoms with Gasteiger partial charge in [0.15, 0.2) is 0 Å². The van der Waals surface area contributed by atoms with Crippen LogP contribution in [0.2, 0.25) is 0 Å². The summed E-state index contributed by atoms with van der Waals surface area (Å²) in [6.07, 6.45) is 7.09. The number of halogens is 1. The van der Waals surface area contributed by atoms with Gasteiger partial charge in [-0.2, -0.15) is 0 Å². The summed E-state index contributed by atoms with van der Waals surface area (Å²) in [5.74, 6) is -0.328. The molecule has 2 unspecified atom stereocenters. The quantitative estimate of drug-likeness (QED) is 0.542. The van der Waals surface area contributed by atoms with E-state index in [2.05, 4.69) is 15.2 Å². The molecule has 29 heavy (non-hydrogen) atoms. The Bertz CT molecular complexity index is 683. The SMILES string of the molecule is CC/N=C(/OC[C@@H]1CC(C)=CC=C(C2=CNC(N)CCN2C)C1(C)F)N(C)CC. The van der Waals surface area contributed by atoms with Crippen molar-refractivity contribution < 1.29 is 9.13 Å². The maximum Gasteiger partial charge on any atom is 0.287 e. The molecule has 2 rings (SSSR count). The Morgan fingerprint density at radius 2 is 2.17 bits per heavy atom. The summed E-state index contributed by atoms with van der Waals surface area (Å²) in [5, 5.41) is 3.18. The van der Waals surface area contributed by atoms with Gasteiger partial charge in [0, 0.05) is 51.4 Å². The summed E-state index contributed by atoms with van der Waals surface area (Å²) >= 11 is 0. The number of hydrogen-bond donors (Lipinski definition) is 2. The molecule has 164 valence electrons. The van der Waals surface area contributed by atoms with Crippen molar-refractivity contribution in [2.45, 2.75) is 52.4 Å². The van der Waals surface area contributed by atoms with E-state index in [1.165, 1.54) is 0 Å². The first-order valence-corrected chi connectivity index (χ1v) is 10.6. The molecule has 6 nitrogen and oxygen atoms in total. The highest BCUT2D eigenvalue weighted by molar-refractivity contribution is 5.73. The van der Waals surface area contributed by atoms with E-state index in [1.807, 2.05) is 58.1 Å². The van der Waals surface area contributed by atoms with Crippen molar-refractivity contribution in [3.05, 3.63) is 35.2 Å². The van der Waals surface area contributed by atoms with Crippen molar-refractivity contribution in [2.24, 2.45) is 16.6 Å². The Labute approximate surface area is 175 Å². The lowest BCUT2D eigenvalue weighted by Gasteiger charge is -2.35. The van der Waals surface area contributed by atoms with Crippen LogP contribution in [0.3, 0.4) is 0 Å². The molecule has 0 aromatic carbocycles. The number of aliphatic imine (C=N–C) groups is 1. The van der Waals surface area contributed by atoms with Crippen LogP contribution in [-0.4, -0.2) is 68.0 Å². The average Bonchev–Trinajstić information content (AvgIpc) is 2.90. The van der Waals surface area contributed by atoms with Crippen LogP contribution in [0.5, 0.6) is 0 Å². The van der Waals surface area contributed by atoms with E-state index in [0.717, 1.165) is 30.8 Å². The molecule has 2 aliphatic rings. The Morgan fingerprint density at radius 3 is 2.83 bits per heavy atom. The van der Waals surface area contributed by atoms with Gasteiger partial charge in [0.25, 0.3) is 6.02 Å². The fourth-order valence-corrected chi connectivity index (χ4v) is 3.65. The Hall–Kier alpha value is -2.02. The summed E-state index contributed by atoms with van der Waals surface area (Å²) in [5.41, 5.74) is 7.11. The Morgan fingerprint density at radius 1 is 1.45 bits per heavy atom. The molecule has 0 aromatic heterocycles. The largest absolute Gasteiger partial charge is 0.465 e. The summed E-state index contributed by atoms with van der Waals surface area (Å²) in [6, 6.07) is 0.570. The molecule has 1 aliphatic carbocycles. The second kappa shape index (κ2) is 10.1. The summed E-state index contributed by atoms with van der Waals surface area (Å²) in [7, 11) is 3.92. The van der Waals surface area contributed by atoms with E-state index in [1.54, 1.807) is 6.92 Å². The van der Waals surface area contributed by atoms with Crippen LogP contribution in [0, 0.1) is 5.92 Å². The molecule has 0 spiro atoms. The molecule has 0 saturated carbocycles. The van der Waals surface area contributed by atoms with Gasteiger partial charge in [0.05, 0.1) is 18.5 Å². The number of likely N-dealkylation sites (N-methyl/N-ethyl adjacent to an activating group) is 1. The third kappa shape index (κ3) is 5.75. The Kier molecular flexibility index (Phi) is 8.14. The van der Waals surface area contributed by atoms with E-state index >= 15 is 4.39 Å². The van der Waals surface area contributed by atoms with Gasteiger partial charge in [-0.05, 0) is 40.5 Å². The van der Waals surface area contributed by atoms with Crippen LogP contribution in [0.4, 0.5) is 4.39 Å². The molecule has 3 N–H and O–H groups in total. The third-order valence-electron chi connectivity index (χ3n) is 5.80. The molecule has 0 fully saturated rings. The minimum Gasteiger partial charge on any atom is -0.465 e. The van der Waals surface area contributed by atoms with Gasteiger partial charge in [0.1, 0.15) is 5.67 Å². The van der Waals surface area contributed by atoms with E-state index in [4.69, 9.17) is 10.5 Å². The summed E-state index contributed by atoms with van der Waals surface area (Å²) < 4.78 is 22.4. The first-order chi connectivity index (χ1) is 13.7. The standard InChI is InChI=1S/C22H38FN5O/c1-7-25-21(27(5)8-2)29-15-17-13-16(3)9-10-18(22(17,4)23)19-14-26-20(24)11-12-28(19)6/h9-10,14,17,20,26H,7-8,11-13,15,24H2,1-6H3/b25-21+/t17-,20?,22?/m0/s1. The minimum absolute atomic E-state index is 0.124. The maximum absolute atomic E-state index is 16.4. The monoisotopic (exact) mass is 407 g/mol. The maximum atomic E-state index is 16.4. The van der Waals surface area contributed by atoms with Gasteiger partial charge in [-0.3, -0.25) is 0 Å². The van der Waals surface area contributed by atoms with E-state index in [9.17, 15) is 0 Å². The number of nitrogens with zero attached hydrogens (tertiary/aromatic N) is 3. The summed E-state index contributed by atoms with van der Waals surface area (Å²) in [6.45, 7) is 10.2. The van der Waals surface area contributed by atoms with Gasteiger partial charge in [-0.15, -0.1) is 0 Å². The van der Waals surface area contributed by atoms with Crippen molar-refractivity contribution in [3.63, 3.8) is 0 Å². The third-order valence-corrected chi connectivity index (χ3v) is 5.80. The van der Waals surface area contributed by atoms with Gasteiger partial charge in [-0.1, -0.05) is 17.7 Å². The fourth-order valence-electron chi connectivity index (χ4n) is 3.65. The molecule has 7 heteroatoms. The highest BCUT2D eigenvalue weighted by atomic mass is 19.1. The Balaban J connectivity index is 2.30. The normalized spacial score (nSPS) is 28.5. The zero-order valence-electron chi connectivity index (χ0n) is 18.8. The molecular weight excluding hydrogens is 369 g/mol. The number of nitrogens with two attached hydrogens (primary N) is 1. The van der Waals surface area contributed by atoms with Crippen LogP contribution in [0.15, 0.2) is 40.2 Å². The van der Waals surface area contributed by atoms with Crippen LogP contribution in [-0.2, 0) is 4.74 Å². The molecular formula is C22H38FN5O. The predicted molar refractivity (Wildman–Crippen MR) is 118 cm³/mol. The molecule has 0 amide bonds. The van der Waals surface area contributed by atoms with Crippen LogP contribution in [0.25, 0.3) is 0 Å². The number of alkyl halides is 1. The van der Waals surface area contributed by atoms with E-state index < -0.39 is 5.67 Å². The predicted octanol–water partition coefficient (Wildman–Crippen LogP) is 3.00. The van der Waals surface area contributed by atoms with E-state index in [-0.39, 0.29) is 18.7 Å². The van der Waals surface area contributed by atoms with Crippen molar-refractivity contribution in [3.8, 4) is 0 Å². The zero-order chi connectivity index (χ0) is 21.6. The van der Waals surface area contributed by atoms with Crippen molar-refractivity contribution in [1.29, 1.82) is 0 Å². The lowest BCUT2D eigenvalue weighted by Crippen LogP contribution is -2.40. The second-order valence-corrected chi connectivity index (χ2v) is 8.17. The molecule has 0 saturated heterocycles. The highest BCUT2D eigenvalue weighted by Crippen LogP contribution is 2.41. The van der Waals surface area contributed by atoms with Crippen molar-refractivity contribution in [2.75, 3.05) is 40.3 Å². The van der Waals surface area contributed by atoms with Gasteiger partial charge in [-0.25, -0.2) is 9.38 Å². The first-order valence-electron chi connectivity index (χ1n) is 10.6. The molecule has 0 radical (unpaired) electrons. The minimum atomic E-state index is -1.56. The second-order valence-electron chi connectivity index (χ2n) is 8.17. The smallest absolute Gasteiger partial charge is 0.287 e. The van der Waals surface area contributed by atoms with E-state index in [0.29, 0.717) is 24.6 Å². The van der Waals surface area contributed by atoms with Crippen molar-refractivity contribution in [1.82, 2.24) is 15.1 Å². The zero-order valence-corrected chi connectivity index (χ0v) is 18.8. The number of allylic oxidation sites excluding steroid dienone is 4. The fraction of sp³-hybridized carbons (Fsp3) is 0.682. The average molecular weight is 408 g/mol. The number of hydrogen-bond acceptors (Lipinski definition) is 5.